The second-order valence-electron chi connectivity index (χ2n) is 9.08. The summed E-state index contributed by atoms with van der Waals surface area (Å²) in [6.07, 6.45) is 0. The maximum Gasteiger partial charge on any atom is 0.332 e. The zero-order valence-corrected chi connectivity index (χ0v) is 21.4. The van der Waals surface area contributed by atoms with Crippen LogP contribution in [0.15, 0.2) is 58.1 Å². The quantitative estimate of drug-likeness (QED) is 0.398. The summed E-state index contributed by atoms with van der Waals surface area (Å²) in [7, 11) is 4.82. The van der Waals surface area contributed by atoms with E-state index in [2.05, 4.69) is 21.9 Å². The minimum Gasteiger partial charge on any atom is -0.497 e. The molecule has 4 aromatic rings. The molecular weight excluding hydrogens is 480 g/mol. The number of imidazole rings is 1. The van der Waals surface area contributed by atoms with E-state index in [1.54, 1.807) is 14.2 Å². The van der Waals surface area contributed by atoms with Gasteiger partial charge in [0, 0.05) is 57.5 Å². The first-order chi connectivity index (χ1) is 17.4. The second-order valence-corrected chi connectivity index (χ2v) is 9.52. The Labute approximate surface area is 213 Å². The van der Waals surface area contributed by atoms with Gasteiger partial charge in [0.25, 0.3) is 5.56 Å². The lowest BCUT2D eigenvalue weighted by Crippen LogP contribution is -2.46. The number of hydrogen-bond donors (Lipinski definition) is 0. The molecule has 9 nitrogen and oxygen atoms in total. The standard InChI is InChI=1S/C26H29ClN6O3/c1-29-24-23(25(34)30(2)26(29)35)33(16-18-4-6-19(27)7-5-18)22(28-24)17-31-12-14-32(15-13-31)20-8-10-21(36-3)11-9-20/h4-11H,12-17H2,1-3H3. The fourth-order valence-electron chi connectivity index (χ4n) is 4.71. The number of rotatable bonds is 6. The minimum atomic E-state index is -0.386. The molecule has 0 bridgehead atoms. The number of aromatic nitrogens is 4. The summed E-state index contributed by atoms with van der Waals surface area (Å²) in [4.78, 5) is 35.2. The summed E-state index contributed by atoms with van der Waals surface area (Å²) in [6.45, 7) is 4.51. The van der Waals surface area contributed by atoms with Crippen molar-refractivity contribution in [3.63, 3.8) is 0 Å². The van der Waals surface area contributed by atoms with Crippen molar-refractivity contribution in [2.45, 2.75) is 13.1 Å². The van der Waals surface area contributed by atoms with Gasteiger partial charge < -0.3 is 14.2 Å². The lowest BCUT2D eigenvalue weighted by atomic mass is 10.2. The number of methoxy groups -OCH3 is 1. The molecule has 1 saturated heterocycles. The maximum atomic E-state index is 13.2. The average Bonchev–Trinajstić information content (AvgIpc) is 3.25. The molecule has 0 N–H and O–H groups in total. The Morgan fingerprint density at radius 1 is 0.889 bits per heavy atom. The summed E-state index contributed by atoms with van der Waals surface area (Å²) < 4.78 is 9.79. The van der Waals surface area contributed by atoms with Gasteiger partial charge in [-0.05, 0) is 42.0 Å². The van der Waals surface area contributed by atoms with Crippen LogP contribution in [0.3, 0.4) is 0 Å². The number of halogens is 1. The van der Waals surface area contributed by atoms with Crippen LogP contribution in [0.5, 0.6) is 5.75 Å². The first kappa shape index (κ1) is 24.1. The van der Waals surface area contributed by atoms with Crippen molar-refractivity contribution >= 4 is 28.5 Å². The molecule has 0 amide bonds. The van der Waals surface area contributed by atoms with Gasteiger partial charge in [-0.15, -0.1) is 0 Å². The van der Waals surface area contributed by atoms with E-state index in [-0.39, 0.29) is 11.2 Å². The molecule has 0 spiro atoms. The fraction of sp³-hybridized carbons (Fsp3) is 0.346. The molecule has 2 aromatic heterocycles. The van der Waals surface area contributed by atoms with Crippen molar-refractivity contribution in [1.29, 1.82) is 0 Å². The smallest absolute Gasteiger partial charge is 0.332 e. The van der Waals surface area contributed by atoms with Crippen LogP contribution < -0.4 is 20.9 Å². The molecule has 1 fully saturated rings. The number of nitrogens with zero attached hydrogens (tertiary/aromatic N) is 6. The first-order valence-electron chi connectivity index (χ1n) is 11.9. The predicted octanol–water partition coefficient (Wildman–Crippen LogP) is 2.47. The second kappa shape index (κ2) is 9.83. The van der Waals surface area contributed by atoms with Crippen LogP contribution in [0.1, 0.15) is 11.4 Å². The Balaban J connectivity index is 1.43. The third-order valence-corrected chi connectivity index (χ3v) is 7.11. The highest BCUT2D eigenvalue weighted by atomic mass is 35.5. The summed E-state index contributed by atoms with van der Waals surface area (Å²) in [5, 5.41) is 0.655. The monoisotopic (exact) mass is 508 g/mol. The number of hydrogen-bond acceptors (Lipinski definition) is 6. The van der Waals surface area contributed by atoms with Gasteiger partial charge in [0.15, 0.2) is 11.2 Å². The van der Waals surface area contributed by atoms with Gasteiger partial charge in [0.05, 0.1) is 13.7 Å². The van der Waals surface area contributed by atoms with E-state index in [0.29, 0.717) is 29.3 Å². The lowest BCUT2D eigenvalue weighted by molar-refractivity contribution is 0.241. The van der Waals surface area contributed by atoms with Crippen molar-refractivity contribution in [3.8, 4) is 5.75 Å². The highest BCUT2D eigenvalue weighted by Gasteiger charge is 2.23. The Hall–Kier alpha value is -3.56. The first-order valence-corrected chi connectivity index (χ1v) is 12.2. The fourth-order valence-corrected chi connectivity index (χ4v) is 4.84. The van der Waals surface area contributed by atoms with Crippen LogP contribution in [-0.2, 0) is 27.2 Å². The number of anilines is 1. The summed E-state index contributed by atoms with van der Waals surface area (Å²) in [5.74, 6) is 1.61. The van der Waals surface area contributed by atoms with Gasteiger partial charge in [-0.2, -0.15) is 0 Å². The minimum absolute atomic E-state index is 0.342. The van der Waals surface area contributed by atoms with Crippen molar-refractivity contribution in [3.05, 3.63) is 85.8 Å². The van der Waals surface area contributed by atoms with Gasteiger partial charge in [0.1, 0.15) is 11.6 Å². The van der Waals surface area contributed by atoms with E-state index in [1.165, 1.54) is 17.3 Å². The van der Waals surface area contributed by atoms with E-state index in [0.717, 1.165) is 47.9 Å². The highest BCUT2D eigenvalue weighted by molar-refractivity contribution is 6.30. The molecule has 0 aliphatic carbocycles. The molecule has 3 heterocycles. The van der Waals surface area contributed by atoms with E-state index < -0.39 is 0 Å². The van der Waals surface area contributed by atoms with Crippen molar-refractivity contribution in [2.24, 2.45) is 14.1 Å². The van der Waals surface area contributed by atoms with Gasteiger partial charge in [-0.25, -0.2) is 9.78 Å². The van der Waals surface area contributed by atoms with Crippen LogP contribution >= 0.6 is 11.6 Å². The summed E-state index contributed by atoms with van der Waals surface area (Å²) in [6, 6.07) is 15.7. The normalized spacial score (nSPS) is 14.5. The summed E-state index contributed by atoms with van der Waals surface area (Å²) >= 11 is 6.08. The summed E-state index contributed by atoms with van der Waals surface area (Å²) in [5.41, 5.74) is 2.28. The third-order valence-electron chi connectivity index (χ3n) is 6.86. The zero-order chi connectivity index (χ0) is 25.4. The van der Waals surface area contributed by atoms with E-state index in [1.807, 2.05) is 41.0 Å². The molecule has 2 aromatic carbocycles. The molecule has 0 saturated carbocycles. The number of benzene rings is 2. The zero-order valence-electron chi connectivity index (χ0n) is 20.6. The predicted molar refractivity (Wildman–Crippen MR) is 141 cm³/mol. The SMILES string of the molecule is COc1ccc(N2CCN(Cc3nc4c(c(=O)n(C)c(=O)n4C)n3Cc3ccc(Cl)cc3)CC2)cc1. The topological polar surface area (TPSA) is 77.5 Å². The number of piperazine rings is 1. The van der Waals surface area contributed by atoms with Crippen molar-refractivity contribution in [2.75, 3.05) is 38.2 Å². The third kappa shape index (κ3) is 4.52. The van der Waals surface area contributed by atoms with Crippen molar-refractivity contribution < 1.29 is 4.74 Å². The van der Waals surface area contributed by atoms with Gasteiger partial charge >= 0.3 is 5.69 Å². The Bertz CT molecular complexity index is 1500. The molecule has 0 radical (unpaired) electrons. The number of ether oxygens (including phenoxy) is 1. The van der Waals surface area contributed by atoms with E-state index in [9.17, 15) is 9.59 Å². The molecule has 0 atom stereocenters. The van der Waals surface area contributed by atoms with Gasteiger partial charge in [-0.1, -0.05) is 23.7 Å². The van der Waals surface area contributed by atoms with E-state index >= 15 is 0 Å². The molecular formula is C26H29ClN6O3. The Morgan fingerprint density at radius 2 is 1.56 bits per heavy atom. The molecule has 1 aliphatic heterocycles. The Kier molecular flexibility index (Phi) is 6.59. The van der Waals surface area contributed by atoms with Crippen LogP contribution in [0.2, 0.25) is 5.02 Å². The average molecular weight is 509 g/mol. The van der Waals surface area contributed by atoms with Gasteiger partial charge in [0.2, 0.25) is 0 Å². The number of fused-ring (bicyclic) bond motifs is 1. The molecule has 0 unspecified atom stereocenters. The molecule has 5 rings (SSSR count). The van der Waals surface area contributed by atoms with Crippen LogP contribution in [0.4, 0.5) is 5.69 Å². The highest BCUT2D eigenvalue weighted by Crippen LogP contribution is 2.22. The largest absolute Gasteiger partial charge is 0.497 e. The molecule has 36 heavy (non-hydrogen) atoms. The Morgan fingerprint density at radius 3 is 2.19 bits per heavy atom. The van der Waals surface area contributed by atoms with Gasteiger partial charge in [-0.3, -0.25) is 18.8 Å². The van der Waals surface area contributed by atoms with Crippen molar-refractivity contribution in [1.82, 2.24) is 23.6 Å². The lowest BCUT2D eigenvalue weighted by Gasteiger charge is -2.36. The molecule has 1 aliphatic rings. The van der Waals surface area contributed by atoms with Crippen LogP contribution in [-0.4, -0.2) is 56.9 Å². The number of aryl methyl sites for hydroxylation is 1. The maximum absolute atomic E-state index is 13.2. The van der Waals surface area contributed by atoms with Crippen LogP contribution in [0.25, 0.3) is 11.2 Å². The van der Waals surface area contributed by atoms with E-state index in [4.69, 9.17) is 21.3 Å². The molecule has 188 valence electrons. The van der Waals surface area contributed by atoms with Crippen LogP contribution in [0, 0.1) is 0 Å². The molecule has 10 heteroatoms.